The van der Waals surface area contributed by atoms with Crippen molar-refractivity contribution in [1.82, 2.24) is 13.5 Å². The molecule has 26 heavy (non-hydrogen) atoms. The lowest BCUT2D eigenvalue weighted by Gasteiger charge is -2.36. The van der Waals surface area contributed by atoms with Gasteiger partial charge in [0, 0.05) is 44.2 Å². The van der Waals surface area contributed by atoms with Crippen molar-refractivity contribution in [3.05, 3.63) is 29.8 Å². The first-order valence-corrected chi connectivity index (χ1v) is 11.1. The van der Waals surface area contributed by atoms with Crippen LogP contribution >= 0.6 is 11.8 Å². The van der Waals surface area contributed by atoms with Crippen molar-refractivity contribution in [2.75, 3.05) is 45.0 Å². The van der Waals surface area contributed by atoms with Crippen molar-refractivity contribution in [3.8, 4) is 6.07 Å². The van der Waals surface area contributed by atoms with Crippen LogP contribution in [0.15, 0.2) is 29.2 Å². The van der Waals surface area contributed by atoms with E-state index in [-0.39, 0.29) is 11.7 Å². The second-order valence-corrected chi connectivity index (χ2v) is 9.19. The van der Waals surface area contributed by atoms with Crippen LogP contribution in [0.2, 0.25) is 0 Å². The van der Waals surface area contributed by atoms with E-state index in [1.165, 1.54) is 20.4 Å². The van der Waals surface area contributed by atoms with Gasteiger partial charge in [-0.05, 0) is 25.0 Å². The molecule has 0 aliphatic carbocycles. The van der Waals surface area contributed by atoms with Crippen LogP contribution in [-0.2, 0) is 10.2 Å². The van der Waals surface area contributed by atoms with Crippen LogP contribution < -0.4 is 0 Å². The molecule has 0 bridgehead atoms. The number of carbonyl (C=O) groups excluding carboxylic acids is 1. The number of benzene rings is 1. The van der Waals surface area contributed by atoms with Crippen molar-refractivity contribution in [1.29, 1.82) is 5.26 Å². The van der Waals surface area contributed by atoms with E-state index in [1.54, 1.807) is 17.0 Å². The normalized spacial score (nSPS) is 19.4. The Bertz CT molecular complexity index is 792. The number of hydrogen-bond acceptors (Lipinski definition) is 5. The molecule has 0 aromatic heterocycles. The highest BCUT2D eigenvalue weighted by molar-refractivity contribution is 7.99. The van der Waals surface area contributed by atoms with E-state index in [0.29, 0.717) is 44.8 Å². The Labute approximate surface area is 158 Å². The van der Waals surface area contributed by atoms with Gasteiger partial charge in [-0.15, -0.1) is 11.8 Å². The monoisotopic (exact) mass is 394 g/mol. The van der Waals surface area contributed by atoms with Crippen molar-refractivity contribution in [2.24, 2.45) is 0 Å². The number of thioether (sulfide) groups is 1. The van der Waals surface area contributed by atoms with Gasteiger partial charge in [0.25, 0.3) is 16.1 Å². The Kier molecular flexibility index (Phi) is 6.19. The fraction of sp³-hybridized carbons (Fsp3) is 0.529. The van der Waals surface area contributed by atoms with Gasteiger partial charge < -0.3 is 4.90 Å². The van der Waals surface area contributed by atoms with Gasteiger partial charge in [-0.1, -0.05) is 12.1 Å². The lowest BCUT2D eigenvalue weighted by atomic mass is 10.2. The Morgan fingerprint density at radius 2 is 1.65 bits per heavy atom. The maximum absolute atomic E-state index is 12.8. The second-order valence-electron chi connectivity index (χ2n) is 6.25. The summed E-state index contributed by atoms with van der Waals surface area (Å²) in [4.78, 5) is 15.3. The summed E-state index contributed by atoms with van der Waals surface area (Å²) >= 11 is 1.34. The van der Waals surface area contributed by atoms with Gasteiger partial charge in [0.2, 0.25) is 0 Å². The van der Waals surface area contributed by atoms with E-state index in [2.05, 4.69) is 6.07 Å². The van der Waals surface area contributed by atoms with Crippen LogP contribution in [0.3, 0.4) is 0 Å². The molecule has 2 saturated heterocycles. The van der Waals surface area contributed by atoms with Crippen LogP contribution in [0.25, 0.3) is 0 Å². The van der Waals surface area contributed by atoms with E-state index >= 15 is 0 Å². The zero-order chi connectivity index (χ0) is 18.6. The van der Waals surface area contributed by atoms with Crippen LogP contribution in [0.4, 0.5) is 0 Å². The zero-order valence-corrected chi connectivity index (χ0v) is 16.1. The summed E-state index contributed by atoms with van der Waals surface area (Å²) in [6, 6.07) is 9.31. The van der Waals surface area contributed by atoms with Gasteiger partial charge in [-0.3, -0.25) is 4.79 Å². The Morgan fingerprint density at radius 3 is 2.31 bits per heavy atom. The van der Waals surface area contributed by atoms with E-state index in [1.807, 2.05) is 12.1 Å². The molecule has 0 radical (unpaired) electrons. The van der Waals surface area contributed by atoms with E-state index in [9.17, 15) is 13.2 Å². The molecule has 9 heteroatoms. The number of hydrogen-bond donors (Lipinski definition) is 0. The quantitative estimate of drug-likeness (QED) is 0.705. The number of rotatable bonds is 5. The highest BCUT2D eigenvalue weighted by Crippen LogP contribution is 2.24. The van der Waals surface area contributed by atoms with Crippen LogP contribution in [0.1, 0.15) is 23.2 Å². The fourth-order valence-corrected chi connectivity index (χ4v) is 5.63. The Hall–Kier alpha value is -1.60. The van der Waals surface area contributed by atoms with Crippen molar-refractivity contribution in [2.45, 2.75) is 17.7 Å². The molecule has 0 atom stereocenters. The molecule has 3 rings (SSSR count). The highest BCUT2D eigenvalue weighted by atomic mass is 32.2. The van der Waals surface area contributed by atoms with E-state index in [0.717, 1.165) is 17.7 Å². The lowest BCUT2D eigenvalue weighted by molar-refractivity contribution is 0.0691. The summed E-state index contributed by atoms with van der Waals surface area (Å²) in [6.07, 6.45) is 1.82. The first-order valence-electron chi connectivity index (χ1n) is 8.67. The van der Waals surface area contributed by atoms with Crippen molar-refractivity contribution < 1.29 is 13.2 Å². The molecule has 7 nitrogen and oxygen atoms in total. The molecule has 2 aliphatic heterocycles. The minimum Gasteiger partial charge on any atom is -0.336 e. The summed E-state index contributed by atoms with van der Waals surface area (Å²) in [7, 11) is -3.41. The van der Waals surface area contributed by atoms with Gasteiger partial charge in [-0.2, -0.15) is 22.3 Å². The molecule has 1 amide bonds. The predicted molar refractivity (Wildman–Crippen MR) is 100.0 cm³/mol. The third-order valence-corrected chi connectivity index (χ3v) is 7.63. The van der Waals surface area contributed by atoms with Crippen molar-refractivity contribution >= 4 is 27.9 Å². The molecule has 1 aromatic carbocycles. The SMILES string of the molecule is N#CCSc1ccccc1C(=O)N1CCN(S(=O)(=O)N2CCCC2)CC1. The van der Waals surface area contributed by atoms with E-state index < -0.39 is 10.2 Å². The van der Waals surface area contributed by atoms with Crippen LogP contribution in [-0.4, -0.2) is 72.9 Å². The first-order chi connectivity index (χ1) is 12.5. The van der Waals surface area contributed by atoms with E-state index in [4.69, 9.17) is 5.26 Å². The molecular formula is C17H22N4O3S2. The van der Waals surface area contributed by atoms with Crippen molar-refractivity contribution in [3.63, 3.8) is 0 Å². The largest absolute Gasteiger partial charge is 0.336 e. The first kappa shape index (κ1) is 19.2. The molecule has 0 spiro atoms. The number of piperazine rings is 1. The second kappa shape index (κ2) is 8.39. The standard InChI is InChI=1S/C17H22N4O3S2/c18-7-14-25-16-6-2-1-5-15(16)17(22)19-10-12-21(13-11-19)26(23,24)20-8-3-4-9-20/h1-2,5-6H,3-4,8-14H2. The molecular weight excluding hydrogens is 372 g/mol. The third-order valence-electron chi connectivity index (χ3n) is 4.65. The van der Waals surface area contributed by atoms with Gasteiger partial charge in [-0.25, -0.2) is 0 Å². The van der Waals surface area contributed by atoms with Gasteiger partial charge >= 0.3 is 0 Å². The van der Waals surface area contributed by atoms with Gasteiger partial charge in [0.1, 0.15) is 0 Å². The topological polar surface area (TPSA) is 84.7 Å². The predicted octanol–water partition coefficient (Wildman–Crippen LogP) is 1.40. The smallest absolute Gasteiger partial charge is 0.282 e. The average molecular weight is 395 g/mol. The number of nitrogens with zero attached hydrogens (tertiary/aromatic N) is 4. The Balaban J connectivity index is 1.65. The van der Waals surface area contributed by atoms with Crippen LogP contribution in [0.5, 0.6) is 0 Å². The molecule has 2 aliphatic rings. The number of nitriles is 1. The molecule has 0 unspecified atom stereocenters. The summed E-state index contributed by atoms with van der Waals surface area (Å²) in [5.41, 5.74) is 0.573. The molecule has 1 aromatic rings. The summed E-state index contributed by atoms with van der Waals surface area (Å²) in [5.74, 6) is 0.177. The molecule has 0 N–H and O–H groups in total. The maximum Gasteiger partial charge on any atom is 0.282 e. The zero-order valence-electron chi connectivity index (χ0n) is 14.5. The number of amides is 1. The summed E-state index contributed by atoms with van der Waals surface area (Å²) in [6.45, 7) is 2.57. The molecule has 140 valence electrons. The minimum absolute atomic E-state index is 0.107. The minimum atomic E-state index is -3.41. The number of carbonyl (C=O) groups is 1. The lowest BCUT2D eigenvalue weighted by Crippen LogP contribution is -2.53. The molecule has 2 heterocycles. The molecule has 2 fully saturated rings. The Morgan fingerprint density at radius 1 is 1.04 bits per heavy atom. The highest BCUT2D eigenvalue weighted by Gasteiger charge is 2.35. The van der Waals surface area contributed by atoms with Gasteiger partial charge in [0.05, 0.1) is 17.4 Å². The maximum atomic E-state index is 12.8. The fourth-order valence-electron chi connectivity index (χ4n) is 3.25. The van der Waals surface area contributed by atoms with Crippen LogP contribution in [0, 0.1) is 11.3 Å². The summed E-state index contributed by atoms with van der Waals surface area (Å²) in [5, 5.41) is 8.77. The summed E-state index contributed by atoms with van der Waals surface area (Å²) < 4.78 is 28.3. The molecule has 0 saturated carbocycles. The average Bonchev–Trinajstić information content (AvgIpc) is 3.22. The van der Waals surface area contributed by atoms with Gasteiger partial charge in [0.15, 0.2) is 0 Å². The third kappa shape index (κ3) is 4.04.